The number of nitrogens with two attached hydrogens (primary N) is 1. The van der Waals surface area contributed by atoms with Crippen LogP contribution in [0.1, 0.15) is 10.5 Å². The summed E-state index contributed by atoms with van der Waals surface area (Å²) in [6.45, 7) is 0.978. The van der Waals surface area contributed by atoms with E-state index in [1.165, 1.54) is 29.2 Å². The van der Waals surface area contributed by atoms with Crippen molar-refractivity contribution >= 4 is 11.7 Å². The van der Waals surface area contributed by atoms with Gasteiger partial charge < -0.3 is 11.1 Å². The zero-order chi connectivity index (χ0) is 13.0. The van der Waals surface area contributed by atoms with Gasteiger partial charge in [0.05, 0.1) is 6.54 Å². The Kier molecular flexibility index (Phi) is 3.52. The Balaban J connectivity index is 1.86. The third-order valence-corrected chi connectivity index (χ3v) is 2.18. The molecule has 2 aromatic heterocycles. The third-order valence-electron chi connectivity index (χ3n) is 2.18. The second-order valence-electron chi connectivity index (χ2n) is 3.54. The minimum atomic E-state index is -0.617. The van der Waals surface area contributed by atoms with Crippen LogP contribution in [0.2, 0.25) is 0 Å². The van der Waals surface area contributed by atoms with E-state index in [-0.39, 0.29) is 11.5 Å². The van der Waals surface area contributed by atoms with Gasteiger partial charge in [0.2, 0.25) is 0 Å². The molecule has 0 bridgehead atoms. The summed E-state index contributed by atoms with van der Waals surface area (Å²) >= 11 is 0. The van der Waals surface area contributed by atoms with Crippen molar-refractivity contribution in [3.05, 3.63) is 42.1 Å². The summed E-state index contributed by atoms with van der Waals surface area (Å²) < 4.78 is 14.4. The van der Waals surface area contributed by atoms with Crippen LogP contribution < -0.4 is 11.1 Å². The second-order valence-corrected chi connectivity index (χ2v) is 3.54. The maximum Gasteiger partial charge on any atom is 0.269 e. The highest BCUT2D eigenvalue weighted by molar-refractivity contribution is 5.90. The molecule has 0 fully saturated rings. The van der Waals surface area contributed by atoms with Gasteiger partial charge in [-0.25, -0.2) is 9.37 Å². The molecule has 3 N–H and O–H groups in total. The predicted octanol–water partition coefficient (Wildman–Crippen LogP) is 0.428. The van der Waals surface area contributed by atoms with E-state index < -0.39 is 5.91 Å². The van der Waals surface area contributed by atoms with E-state index >= 15 is 0 Å². The smallest absolute Gasteiger partial charge is 0.269 e. The molecule has 93 valence electrons. The van der Waals surface area contributed by atoms with Crippen LogP contribution in [0, 0.1) is 11.9 Å². The van der Waals surface area contributed by atoms with Crippen molar-refractivity contribution in [2.45, 2.75) is 6.54 Å². The number of pyridine rings is 1. The number of amides is 1. The lowest BCUT2D eigenvalue weighted by Gasteiger charge is -2.05. The maximum atomic E-state index is 12.9. The minimum absolute atomic E-state index is 0.0962. The molecule has 0 unspecified atom stereocenters. The van der Waals surface area contributed by atoms with Crippen LogP contribution in [-0.4, -0.2) is 27.2 Å². The number of aromatic nitrogens is 3. The van der Waals surface area contributed by atoms with Crippen molar-refractivity contribution in [1.29, 1.82) is 0 Å². The molecular formula is C11H11FN5O. The highest BCUT2D eigenvalue weighted by atomic mass is 19.1. The number of carbonyl (C=O) groups is 1. The Bertz CT molecular complexity index is 554. The molecule has 18 heavy (non-hydrogen) atoms. The summed E-state index contributed by atoms with van der Waals surface area (Å²) in [5.74, 6) is -0.522. The summed E-state index contributed by atoms with van der Waals surface area (Å²) in [6, 6.07) is 5.20. The van der Waals surface area contributed by atoms with E-state index in [1.807, 2.05) is 0 Å². The standard InChI is InChI=1S/C11H11FN5O/c12-8-1-3-14-10(7-8)15-4-6-17-5-2-9(16-17)11(13)18/h1,3,5,7H,4,6H2,(H2,13,18)(H,14,15). The molecule has 0 spiro atoms. The largest absolute Gasteiger partial charge is 0.368 e. The van der Waals surface area contributed by atoms with Crippen LogP contribution in [0.25, 0.3) is 0 Å². The van der Waals surface area contributed by atoms with Crippen LogP contribution in [-0.2, 0) is 6.54 Å². The lowest BCUT2D eigenvalue weighted by Crippen LogP contribution is -2.15. The Morgan fingerprint density at radius 2 is 2.44 bits per heavy atom. The summed E-state index contributed by atoms with van der Waals surface area (Å²) in [5.41, 5.74) is 5.15. The maximum absolute atomic E-state index is 12.9. The van der Waals surface area contributed by atoms with E-state index in [2.05, 4.69) is 21.5 Å². The van der Waals surface area contributed by atoms with Crippen molar-refractivity contribution < 1.29 is 9.18 Å². The van der Waals surface area contributed by atoms with Crippen LogP contribution in [0.15, 0.2) is 24.5 Å². The van der Waals surface area contributed by atoms with Gasteiger partial charge in [0.1, 0.15) is 11.6 Å². The fourth-order valence-electron chi connectivity index (χ4n) is 1.36. The lowest BCUT2D eigenvalue weighted by atomic mass is 10.4. The van der Waals surface area contributed by atoms with Gasteiger partial charge in [-0.1, -0.05) is 0 Å². The van der Waals surface area contributed by atoms with Crippen molar-refractivity contribution in [1.82, 2.24) is 14.8 Å². The molecule has 0 aliphatic heterocycles. The van der Waals surface area contributed by atoms with Gasteiger partial charge in [-0.05, 0) is 6.07 Å². The molecule has 6 nitrogen and oxygen atoms in total. The van der Waals surface area contributed by atoms with Gasteiger partial charge in [-0.3, -0.25) is 9.48 Å². The first-order valence-electron chi connectivity index (χ1n) is 5.25. The van der Waals surface area contributed by atoms with E-state index in [0.717, 1.165) is 0 Å². The van der Waals surface area contributed by atoms with Gasteiger partial charge in [0.25, 0.3) is 5.91 Å². The molecule has 1 radical (unpaired) electrons. The number of hydrogen-bond acceptors (Lipinski definition) is 4. The van der Waals surface area contributed by atoms with Crippen LogP contribution >= 0.6 is 0 Å². The predicted molar refractivity (Wildman–Crippen MR) is 62.3 cm³/mol. The third kappa shape index (κ3) is 3.03. The minimum Gasteiger partial charge on any atom is -0.368 e. The van der Waals surface area contributed by atoms with E-state index in [0.29, 0.717) is 18.9 Å². The Labute approximate surface area is 103 Å². The van der Waals surface area contributed by atoms with Gasteiger partial charge in [-0.2, -0.15) is 5.10 Å². The lowest BCUT2D eigenvalue weighted by molar-refractivity contribution is 0.0994. The Morgan fingerprint density at radius 3 is 3.11 bits per heavy atom. The van der Waals surface area contributed by atoms with Crippen molar-refractivity contribution in [2.75, 3.05) is 11.9 Å². The zero-order valence-corrected chi connectivity index (χ0v) is 9.43. The highest BCUT2D eigenvalue weighted by Crippen LogP contribution is 2.04. The summed E-state index contributed by atoms with van der Waals surface area (Å²) in [4.78, 5) is 14.7. The number of anilines is 1. The second kappa shape index (κ2) is 5.26. The quantitative estimate of drug-likeness (QED) is 0.803. The molecule has 0 aromatic carbocycles. The van der Waals surface area contributed by atoms with E-state index in [4.69, 9.17) is 5.73 Å². The van der Waals surface area contributed by atoms with Crippen LogP contribution in [0.4, 0.5) is 10.2 Å². The molecule has 2 heterocycles. The van der Waals surface area contributed by atoms with Crippen LogP contribution in [0.3, 0.4) is 0 Å². The monoisotopic (exact) mass is 248 g/mol. The first-order chi connectivity index (χ1) is 8.65. The number of rotatable bonds is 5. The summed E-state index contributed by atoms with van der Waals surface area (Å²) in [6.07, 6.45) is 2.91. The molecule has 7 heteroatoms. The average molecular weight is 248 g/mol. The highest BCUT2D eigenvalue weighted by Gasteiger charge is 2.04. The number of nitrogens with zero attached hydrogens (tertiary/aromatic N) is 3. The zero-order valence-electron chi connectivity index (χ0n) is 9.43. The average Bonchev–Trinajstić information content (AvgIpc) is 2.78. The first-order valence-corrected chi connectivity index (χ1v) is 5.25. The van der Waals surface area contributed by atoms with E-state index in [9.17, 15) is 9.18 Å². The van der Waals surface area contributed by atoms with Gasteiger partial charge in [0, 0.05) is 31.1 Å². The molecule has 0 aliphatic rings. The molecule has 2 rings (SSSR count). The molecule has 2 aromatic rings. The Morgan fingerprint density at radius 1 is 1.61 bits per heavy atom. The van der Waals surface area contributed by atoms with Crippen molar-refractivity contribution in [3.63, 3.8) is 0 Å². The molecular weight excluding hydrogens is 237 g/mol. The summed E-state index contributed by atoms with van der Waals surface area (Å²) in [5, 5.41) is 6.84. The van der Waals surface area contributed by atoms with Gasteiger partial charge >= 0.3 is 0 Å². The molecule has 1 amide bonds. The number of carbonyl (C=O) groups excluding carboxylic acids is 1. The van der Waals surface area contributed by atoms with Crippen molar-refractivity contribution in [2.24, 2.45) is 5.73 Å². The molecule has 0 saturated heterocycles. The molecule has 0 atom stereocenters. The van der Waals surface area contributed by atoms with Gasteiger partial charge in [0.15, 0.2) is 5.69 Å². The SMILES string of the molecule is NC(=O)c1[c]cn(CCNc2cc(F)ccn2)n1. The van der Waals surface area contributed by atoms with Crippen LogP contribution in [0.5, 0.6) is 0 Å². The van der Waals surface area contributed by atoms with Crippen molar-refractivity contribution in [3.8, 4) is 0 Å². The number of halogens is 1. The van der Waals surface area contributed by atoms with Gasteiger partial charge in [-0.15, -0.1) is 0 Å². The Hall–Kier alpha value is -2.44. The number of hydrogen-bond donors (Lipinski definition) is 2. The first kappa shape index (κ1) is 12.0. The molecule has 0 saturated carbocycles. The number of nitrogens with one attached hydrogen (secondary N) is 1. The fourth-order valence-corrected chi connectivity index (χ4v) is 1.36. The topological polar surface area (TPSA) is 85.8 Å². The normalized spacial score (nSPS) is 10.3. The number of primary amides is 1. The van der Waals surface area contributed by atoms with E-state index in [1.54, 1.807) is 0 Å². The summed E-state index contributed by atoms with van der Waals surface area (Å²) in [7, 11) is 0. The molecule has 0 aliphatic carbocycles. The fraction of sp³-hybridized carbons (Fsp3) is 0.182.